The number of hydrogen-bond donors (Lipinski definition) is 4. The van der Waals surface area contributed by atoms with Gasteiger partial charge in [0.15, 0.2) is 22.8 Å². The number of hydrogen-bond acceptors (Lipinski definition) is 10. The number of morpholine rings is 1. The summed E-state index contributed by atoms with van der Waals surface area (Å²) >= 11 is 6.65. The van der Waals surface area contributed by atoms with Gasteiger partial charge in [0, 0.05) is 30.4 Å². The fraction of sp³-hybridized carbons (Fsp3) is 0.600. The second-order valence-electron chi connectivity index (χ2n) is 13.3. The zero-order valence-corrected chi connectivity index (χ0v) is 28.6. The van der Waals surface area contributed by atoms with Crippen LogP contribution in [0.4, 0.5) is 15.4 Å². The van der Waals surface area contributed by atoms with Gasteiger partial charge in [-0.15, -0.1) is 0 Å². The van der Waals surface area contributed by atoms with E-state index in [1.807, 2.05) is 57.9 Å². The molecule has 258 valence electrons. The van der Waals surface area contributed by atoms with Crippen molar-refractivity contribution < 1.29 is 39.5 Å². The summed E-state index contributed by atoms with van der Waals surface area (Å²) in [4.78, 5) is 58.6. The highest BCUT2D eigenvalue weighted by Crippen LogP contribution is 2.36. The minimum absolute atomic E-state index is 0.121. The van der Waals surface area contributed by atoms with Gasteiger partial charge in [0.05, 0.1) is 30.5 Å². The predicted octanol–water partition coefficient (Wildman–Crippen LogP) is 5.36. The number of fused-ring (bicyclic) bond motifs is 1. The second kappa shape index (κ2) is 14.6. The number of ether oxygens (including phenoxy) is 1. The molecule has 0 aromatic carbocycles. The molecule has 0 spiro atoms. The Balaban J connectivity index is 0.000000676. The van der Waals surface area contributed by atoms with E-state index in [-0.39, 0.29) is 17.8 Å². The van der Waals surface area contributed by atoms with Crippen LogP contribution in [0.2, 0.25) is 5.28 Å². The number of anilines is 1. The molecule has 1 amide bonds. The molecule has 1 atom stereocenters. The van der Waals surface area contributed by atoms with Crippen molar-refractivity contribution in [1.82, 2.24) is 34.4 Å². The lowest BCUT2D eigenvalue weighted by atomic mass is 9.95. The van der Waals surface area contributed by atoms with Gasteiger partial charge in [-0.3, -0.25) is 9.36 Å². The predicted molar refractivity (Wildman–Crippen MR) is 173 cm³/mol. The number of carbonyl (C=O) groups is 3. The molecule has 2 aliphatic rings. The van der Waals surface area contributed by atoms with E-state index in [9.17, 15) is 4.79 Å². The van der Waals surface area contributed by atoms with Crippen molar-refractivity contribution in [3.05, 3.63) is 23.0 Å². The van der Waals surface area contributed by atoms with Gasteiger partial charge in [-0.05, 0) is 85.8 Å². The molecule has 0 bridgehead atoms. The fourth-order valence-electron chi connectivity index (χ4n) is 5.55. The Morgan fingerprint density at radius 1 is 0.979 bits per heavy atom. The van der Waals surface area contributed by atoms with Crippen LogP contribution in [-0.4, -0.2) is 110 Å². The highest BCUT2D eigenvalue weighted by molar-refractivity contribution is 6.29. The largest absolute Gasteiger partial charge is 0.503 e. The van der Waals surface area contributed by atoms with Gasteiger partial charge >= 0.3 is 12.3 Å². The van der Waals surface area contributed by atoms with E-state index in [1.165, 1.54) is 12.8 Å². The number of nitrogens with zero attached hydrogens (tertiary/aromatic N) is 8. The van der Waals surface area contributed by atoms with Gasteiger partial charge in [0.25, 0.3) is 5.91 Å². The second-order valence-corrected chi connectivity index (χ2v) is 13.7. The molecule has 16 nitrogen and oxygen atoms in total. The van der Waals surface area contributed by atoms with Crippen LogP contribution in [0.15, 0.2) is 6.20 Å². The quantitative estimate of drug-likeness (QED) is 0.250. The third-order valence-corrected chi connectivity index (χ3v) is 7.55. The van der Waals surface area contributed by atoms with Crippen molar-refractivity contribution in [2.45, 2.75) is 91.9 Å². The first kappa shape index (κ1) is 37.2. The molecular weight excluding hydrogens is 636 g/mol. The van der Waals surface area contributed by atoms with Gasteiger partial charge in [-0.1, -0.05) is 0 Å². The van der Waals surface area contributed by atoms with Crippen molar-refractivity contribution in [1.29, 1.82) is 0 Å². The van der Waals surface area contributed by atoms with E-state index in [0.29, 0.717) is 59.2 Å². The van der Waals surface area contributed by atoms with E-state index in [1.54, 1.807) is 6.20 Å². The molecule has 1 saturated carbocycles. The molecule has 3 aromatic rings. The third kappa shape index (κ3) is 9.60. The first-order chi connectivity index (χ1) is 21.7. The van der Waals surface area contributed by atoms with E-state index < -0.39 is 23.4 Å². The van der Waals surface area contributed by atoms with Crippen LogP contribution < -0.4 is 4.90 Å². The molecule has 1 aliphatic carbocycles. The zero-order chi connectivity index (χ0) is 35.4. The van der Waals surface area contributed by atoms with Crippen LogP contribution in [0.1, 0.15) is 77.6 Å². The molecule has 17 heteroatoms. The molecule has 0 unspecified atom stereocenters. The highest BCUT2D eigenvalue weighted by atomic mass is 35.5. The Bertz CT molecular complexity index is 1580. The minimum Gasteiger partial charge on any atom is -0.450 e. The summed E-state index contributed by atoms with van der Waals surface area (Å²) in [6.07, 6.45) is 0.365. The number of rotatable bonds is 5. The molecule has 1 aliphatic heterocycles. The van der Waals surface area contributed by atoms with Crippen molar-refractivity contribution in [3.63, 3.8) is 0 Å². The van der Waals surface area contributed by atoms with Crippen molar-refractivity contribution >= 4 is 46.8 Å². The Labute approximate surface area is 277 Å². The maximum Gasteiger partial charge on any atom is 0.503 e. The number of amides is 1. The summed E-state index contributed by atoms with van der Waals surface area (Å²) in [5.74, 6) is 1.76. The van der Waals surface area contributed by atoms with E-state index in [4.69, 9.17) is 61.3 Å². The smallest absolute Gasteiger partial charge is 0.450 e. The van der Waals surface area contributed by atoms with Crippen molar-refractivity contribution in [2.24, 2.45) is 5.92 Å². The third-order valence-electron chi connectivity index (χ3n) is 7.26. The van der Waals surface area contributed by atoms with Crippen LogP contribution in [-0.2, 0) is 11.3 Å². The van der Waals surface area contributed by atoms with Gasteiger partial charge in [-0.2, -0.15) is 0 Å². The summed E-state index contributed by atoms with van der Waals surface area (Å²) < 4.78 is 7.67. The average molecular weight is 679 g/mol. The number of aromatic nitrogens is 6. The monoisotopic (exact) mass is 678 g/mol. The van der Waals surface area contributed by atoms with Gasteiger partial charge in [0.2, 0.25) is 11.1 Å². The van der Waals surface area contributed by atoms with E-state index in [2.05, 4.69) is 21.8 Å². The van der Waals surface area contributed by atoms with Crippen molar-refractivity contribution in [3.8, 4) is 11.4 Å². The zero-order valence-electron chi connectivity index (χ0n) is 27.9. The fourth-order valence-corrected chi connectivity index (χ4v) is 5.78. The van der Waals surface area contributed by atoms with Crippen molar-refractivity contribution in [2.75, 3.05) is 24.7 Å². The SMILES string of the molecule is Cc1nc(C(=O)N(C(C)(C)C)C(C)(C)C)ncc1-c1nc(N2CCOC[C@@H]2C)c2nc(Cl)n(CC3CC3)c2n1.O=C(O)O.O=C(O)O. The maximum absolute atomic E-state index is 13.6. The summed E-state index contributed by atoms with van der Waals surface area (Å²) in [7, 11) is 0. The Morgan fingerprint density at radius 3 is 2.04 bits per heavy atom. The highest BCUT2D eigenvalue weighted by Gasteiger charge is 2.37. The summed E-state index contributed by atoms with van der Waals surface area (Å²) in [5.41, 5.74) is 1.90. The maximum atomic E-state index is 13.6. The Morgan fingerprint density at radius 2 is 1.55 bits per heavy atom. The normalized spacial score (nSPS) is 16.4. The minimum atomic E-state index is -1.83. The molecule has 4 N–H and O–H groups in total. The van der Waals surface area contributed by atoms with Crippen LogP contribution in [0.3, 0.4) is 0 Å². The topological polar surface area (TPSA) is 217 Å². The average Bonchev–Trinajstić information content (AvgIpc) is 3.68. The van der Waals surface area contributed by atoms with Crippen LogP contribution in [0.5, 0.6) is 0 Å². The first-order valence-corrected chi connectivity index (χ1v) is 15.4. The van der Waals surface area contributed by atoms with E-state index >= 15 is 0 Å². The molecule has 4 heterocycles. The van der Waals surface area contributed by atoms with E-state index in [0.717, 1.165) is 12.4 Å². The van der Waals surface area contributed by atoms with Crippen LogP contribution in [0, 0.1) is 12.8 Å². The number of carboxylic acid groups (broad SMARTS) is 4. The lowest BCUT2D eigenvalue weighted by molar-refractivity contribution is 0.0258. The van der Waals surface area contributed by atoms with Crippen LogP contribution in [0.25, 0.3) is 22.6 Å². The molecule has 0 radical (unpaired) electrons. The Kier molecular flexibility index (Phi) is 11.6. The summed E-state index contributed by atoms with van der Waals surface area (Å²) in [5, 5.41) is 28.3. The number of aryl methyl sites for hydroxylation is 1. The Hall–Kier alpha value is -4.31. The molecule has 2 fully saturated rings. The molecule has 1 saturated heterocycles. The van der Waals surface area contributed by atoms with Gasteiger partial charge < -0.3 is 35.0 Å². The van der Waals surface area contributed by atoms with Crippen LogP contribution >= 0.6 is 11.6 Å². The standard InChI is InChI=1S/C28H39ClN8O2.2CH2O3/c1-16-15-39-12-11-35(16)23-20-24(36(26(29)32-20)14-18-9-10-18)34-21(33-23)19-13-30-22(31-17(19)2)25(38)37(27(3,4)5)28(6,7)8;2*2-1(3)4/h13,16,18H,9-12,14-15H2,1-8H3;2*(H2,2,3,4)/t16-;;/m0../s1. The lowest BCUT2D eigenvalue weighted by Gasteiger charge is -2.45. The lowest BCUT2D eigenvalue weighted by Crippen LogP contribution is -2.56. The summed E-state index contributed by atoms with van der Waals surface area (Å²) in [6, 6.07) is 0.121. The first-order valence-electron chi connectivity index (χ1n) is 15.0. The summed E-state index contributed by atoms with van der Waals surface area (Å²) in [6.45, 7) is 18.8. The molecule has 5 rings (SSSR count). The van der Waals surface area contributed by atoms with Gasteiger partial charge in [-0.25, -0.2) is 34.5 Å². The molecule has 3 aromatic heterocycles. The molecular formula is C30H43ClN8O8. The number of halogens is 1. The van der Waals surface area contributed by atoms with Gasteiger partial charge in [0.1, 0.15) is 0 Å². The molecule has 47 heavy (non-hydrogen) atoms. The number of imidazole rings is 1. The number of carbonyl (C=O) groups excluding carboxylic acids is 1.